The number of thiophene rings is 1. The number of benzene rings is 1. The number of imidazole rings is 1. The van der Waals surface area contributed by atoms with Crippen LogP contribution in [-0.4, -0.2) is 30.2 Å². The highest BCUT2D eigenvalue weighted by Gasteiger charge is 2.31. The molecule has 7 nitrogen and oxygen atoms in total. The fraction of sp³-hybridized carbons (Fsp3) is 0.417. The van der Waals surface area contributed by atoms with Gasteiger partial charge in [0.1, 0.15) is 16.1 Å². The van der Waals surface area contributed by atoms with Crippen LogP contribution in [0.15, 0.2) is 46.9 Å². The molecule has 0 saturated heterocycles. The SMILES string of the molecule is CC(C)Cc1cc(-c2ccc([C@@H]3CCc4nccn43)cc2)c(S(=O)(=O)NC(=O)OC2CC2)s1. The first-order chi connectivity index (χ1) is 15.8. The van der Waals surface area contributed by atoms with Crippen LogP contribution in [0.2, 0.25) is 0 Å². The summed E-state index contributed by atoms with van der Waals surface area (Å²) in [5.74, 6) is 1.48. The molecule has 1 atom stereocenters. The molecule has 2 aliphatic rings. The Morgan fingerprint density at radius 3 is 2.70 bits per heavy atom. The molecule has 3 aromatic rings. The molecule has 0 bridgehead atoms. The molecule has 0 radical (unpaired) electrons. The summed E-state index contributed by atoms with van der Waals surface area (Å²) in [6, 6.07) is 10.2. The summed E-state index contributed by atoms with van der Waals surface area (Å²) in [5, 5.41) is 0. The van der Waals surface area contributed by atoms with E-state index in [4.69, 9.17) is 4.74 Å². The summed E-state index contributed by atoms with van der Waals surface area (Å²) in [7, 11) is -4.05. The zero-order chi connectivity index (χ0) is 23.2. The van der Waals surface area contributed by atoms with Gasteiger partial charge < -0.3 is 9.30 Å². The van der Waals surface area contributed by atoms with Crippen molar-refractivity contribution >= 4 is 27.5 Å². The molecule has 5 rings (SSSR count). The number of nitrogens with zero attached hydrogens (tertiary/aromatic N) is 2. The number of sulfonamides is 1. The van der Waals surface area contributed by atoms with Crippen LogP contribution in [0.1, 0.15) is 55.4 Å². The molecule has 9 heteroatoms. The van der Waals surface area contributed by atoms with Gasteiger partial charge >= 0.3 is 6.09 Å². The van der Waals surface area contributed by atoms with E-state index in [1.54, 1.807) is 0 Å². The molecule has 2 aromatic heterocycles. The number of fused-ring (bicyclic) bond motifs is 1. The van der Waals surface area contributed by atoms with Gasteiger partial charge in [0, 0.05) is 29.3 Å². The van der Waals surface area contributed by atoms with Crippen molar-refractivity contribution in [3.8, 4) is 11.1 Å². The van der Waals surface area contributed by atoms with Gasteiger partial charge in [0.2, 0.25) is 0 Å². The van der Waals surface area contributed by atoms with Gasteiger partial charge in [0.15, 0.2) is 0 Å². The Kier molecular flexibility index (Phi) is 5.78. The number of aromatic nitrogens is 2. The molecule has 33 heavy (non-hydrogen) atoms. The van der Waals surface area contributed by atoms with E-state index in [0.717, 1.165) is 48.4 Å². The van der Waals surface area contributed by atoms with Crippen molar-refractivity contribution in [2.45, 2.75) is 62.3 Å². The number of aryl methyl sites for hydroxylation is 1. The van der Waals surface area contributed by atoms with Gasteiger partial charge in [-0.05, 0) is 48.8 Å². The topological polar surface area (TPSA) is 90.3 Å². The average Bonchev–Trinajstić information content (AvgIpc) is 3.14. The van der Waals surface area contributed by atoms with Crippen LogP contribution in [0.5, 0.6) is 0 Å². The number of rotatable bonds is 7. The summed E-state index contributed by atoms with van der Waals surface area (Å²) in [6.07, 6.45) is 7.05. The lowest BCUT2D eigenvalue weighted by molar-refractivity contribution is 0.145. The van der Waals surface area contributed by atoms with Crippen molar-refractivity contribution in [1.82, 2.24) is 14.3 Å². The predicted octanol–water partition coefficient (Wildman–Crippen LogP) is 4.92. The predicted molar refractivity (Wildman–Crippen MR) is 127 cm³/mol. The Labute approximate surface area is 197 Å². The number of ether oxygens (including phenoxy) is 1. The maximum atomic E-state index is 13.1. The van der Waals surface area contributed by atoms with E-state index in [1.165, 1.54) is 16.9 Å². The largest absolute Gasteiger partial charge is 0.446 e. The summed E-state index contributed by atoms with van der Waals surface area (Å²) in [6.45, 7) is 4.19. The zero-order valence-corrected chi connectivity index (χ0v) is 20.3. The Morgan fingerprint density at radius 1 is 1.24 bits per heavy atom. The first-order valence-electron chi connectivity index (χ1n) is 11.3. The van der Waals surface area contributed by atoms with Gasteiger partial charge in [-0.3, -0.25) is 0 Å². The molecule has 1 saturated carbocycles. The summed E-state index contributed by atoms with van der Waals surface area (Å²) in [4.78, 5) is 17.4. The van der Waals surface area contributed by atoms with Gasteiger partial charge in [-0.1, -0.05) is 38.1 Å². The fourth-order valence-corrected chi connectivity index (χ4v) is 7.11. The molecular formula is C24H27N3O4S2. The van der Waals surface area contributed by atoms with E-state index < -0.39 is 16.1 Å². The van der Waals surface area contributed by atoms with Crippen LogP contribution < -0.4 is 4.72 Å². The third-order valence-electron chi connectivity index (χ3n) is 5.95. The second-order valence-corrected chi connectivity index (χ2v) is 12.2. The molecule has 174 valence electrons. The minimum absolute atomic E-state index is 0.149. The van der Waals surface area contributed by atoms with Crippen molar-refractivity contribution in [1.29, 1.82) is 0 Å². The Bertz CT molecular complexity index is 1270. The summed E-state index contributed by atoms with van der Waals surface area (Å²) in [5.41, 5.74) is 2.59. The van der Waals surface area contributed by atoms with Crippen molar-refractivity contribution in [2.24, 2.45) is 5.92 Å². The van der Waals surface area contributed by atoms with Crippen LogP contribution in [0, 0.1) is 5.92 Å². The molecule has 1 aromatic carbocycles. The normalized spacial score (nSPS) is 17.8. The standard InChI is InChI=1S/C24H27N3O4S2/c1-15(2)13-19-14-20(23(32-19)33(29,30)26-24(28)31-18-7-8-18)16-3-5-17(6-4-16)21-9-10-22-25-11-12-27(21)22/h3-6,11-12,14-15,18,21H,7-10,13H2,1-2H3,(H,26,28)/t21-/m0/s1. The molecule has 0 spiro atoms. The maximum Gasteiger partial charge on any atom is 0.421 e. The van der Waals surface area contributed by atoms with E-state index in [2.05, 4.69) is 40.3 Å². The molecule has 3 heterocycles. The highest BCUT2D eigenvalue weighted by Crippen LogP contribution is 2.38. The molecule has 1 aliphatic carbocycles. The van der Waals surface area contributed by atoms with Crippen LogP contribution >= 0.6 is 11.3 Å². The van der Waals surface area contributed by atoms with Crippen molar-refractivity contribution in [3.63, 3.8) is 0 Å². The van der Waals surface area contributed by atoms with Gasteiger partial charge in [-0.2, -0.15) is 0 Å². The lowest BCUT2D eigenvalue weighted by Gasteiger charge is -2.14. The minimum Gasteiger partial charge on any atom is -0.446 e. The number of carbonyl (C=O) groups excluding carboxylic acids is 1. The summed E-state index contributed by atoms with van der Waals surface area (Å²) < 4.78 is 35.8. The lowest BCUT2D eigenvalue weighted by Crippen LogP contribution is -2.31. The van der Waals surface area contributed by atoms with Gasteiger partial charge in [0.25, 0.3) is 10.0 Å². The number of hydrogen-bond acceptors (Lipinski definition) is 6. The minimum atomic E-state index is -4.05. The van der Waals surface area contributed by atoms with Crippen molar-refractivity contribution < 1.29 is 17.9 Å². The third-order valence-corrected chi connectivity index (χ3v) is 8.95. The monoisotopic (exact) mass is 485 g/mol. The lowest BCUT2D eigenvalue weighted by atomic mass is 10.0. The highest BCUT2D eigenvalue weighted by atomic mass is 32.2. The second-order valence-electron chi connectivity index (χ2n) is 9.15. The molecule has 1 amide bonds. The highest BCUT2D eigenvalue weighted by molar-refractivity contribution is 7.92. The first-order valence-corrected chi connectivity index (χ1v) is 13.6. The number of hydrogen-bond donors (Lipinski definition) is 1. The van der Waals surface area contributed by atoms with Crippen LogP contribution in [0.25, 0.3) is 11.1 Å². The van der Waals surface area contributed by atoms with Crippen LogP contribution in [0.3, 0.4) is 0 Å². The molecule has 1 aliphatic heterocycles. The fourth-order valence-electron chi connectivity index (χ4n) is 4.28. The molecule has 1 N–H and O–H groups in total. The van der Waals surface area contributed by atoms with Crippen molar-refractivity contribution in [2.75, 3.05) is 0 Å². The quantitative estimate of drug-likeness (QED) is 0.513. The number of carbonyl (C=O) groups is 1. The van der Waals surface area contributed by atoms with E-state index >= 15 is 0 Å². The molecule has 0 unspecified atom stereocenters. The van der Waals surface area contributed by atoms with Gasteiger partial charge in [-0.15, -0.1) is 11.3 Å². The Morgan fingerprint density at radius 2 is 2.00 bits per heavy atom. The Balaban J connectivity index is 1.45. The first kappa shape index (κ1) is 22.2. The van der Waals surface area contributed by atoms with E-state index in [9.17, 15) is 13.2 Å². The number of nitrogens with one attached hydrogen (secondary N) is 1. The smallest absolute Gasteiger partial charge is 0.421 e. The molecule has 1 fully saturated rings. The molecular weight excluding hydrogens is 458 g/mol. The van der Waals surface area contributed by atoms with Crippen LogP contribution in [-0.2, 0) is 27.6 Å². The van der Waals surface area contributed by atoms with E-state index in [-0.39, 0.29) is 16.4 Å². The van der Waals surface area contributed by atoms with Crippen LogP contribution in [0.4, 0.5) is 4.79 Å². The van der Waals surface area contributed by atoms with Gasteiger partial charge in [-0.25, -0.2) is 22.9 Å². The zero-order valence-electron chi connectivity index (χ0n) is 18.7. The maximum absolute atomic E-state index is 13.1. The average molecular weight is 486 g/mol. The Hall–Kier alpha value is -2.65. The number of amides is 1. The third kappa shape index (κ3) is 4.70. The van der Waals surface area contributed by atoms with Crippen molar-refractivity contribution in [3.05, 3.63) is 59.0 Å². The summed E-state index contributed by atoms with van der Waals surface area (Å²) >= 11 is 1.22. The van der Waals surface area contributed by atoms with E-state index in [0.29, 0.717) is 11.5 Å². The van der Waals surface area contributed by atoms with E-state index in [1.807, 2.05) is 30.6 Å². The van der Waals surface area contributed by atoms with Gasteiger partial charge in [0.05, 0.1) is 6.04 Å². The second kappa shape index (κ2) is 8.61.